The van der Waals surface area contributed by atoms with Crippen LogP contribution in [0, 0.1) is 29.3 Å². The summed E-state index contributed by atoms with van der Waals surface area (Å²) in [5.74, 6) is -10.4. The summed E-state index contributed by atoms with van der Waals surface area (Å²) in [6.07, 6.45) is 0.722. The maximum atomic E-state index is 12.0. The second kappa shape index (κ2) is 5.94. The molecule has 0 saturated carbocycles. The van der Waals surface area contributed by atoms with Gasteiger partial charge in [0.25, 0.3) is 11.9 Å². The molecule has 0 aliphatic heterocycles. The van der Waals surface area contributed by atoms with Gasteiger partial charge in [-0.15, -0.1) is 0 Å². The highest BCUT2D eigenvalue weighted by molar-refractivity contribution is 5.70. The van der Waals surface area contributed by atoms with Gasteiger partial charge in [0.15, 0.2) is 0 Å². The van der Waals surface area contributed by atoms with E-state index in [0.717, 1.165) is 6.29 Å². The predicted octanol–water partition coefficient (Wildman–Crippen LogP) is 2.54. The molecular weight excluding hydrogens is 233 g/mol. The van der Waals surface area contributed by atoms with Crippen molar-refractivity contribution in [3.05, 3.63) is 41.5 Å². The zero-order valence-electron chi connectivity index (χ0n) is 8.03. The molecule has 0 aliphatic rings. The largest absolute Gasteiger partial charge is 0.298 e. The number of rotatable bonds is 1. The number of halogens is 5. The smallest absolute Gasteiger partial charge is 0.254 e. The summed E-state index contributed by atoms with van der Waals surface area (Å²) >= 11 is 0. The van der Waals surface area contributed by atoms with E-state index in [1.165, 1.54) is 0 Å². The lowest BCUT2D eigenvalue weighted by Gasteiger charge is -1.95. The van der Waals surface area contributed by atoms with Crippen molar-refractivity contribution < 1.29 is 26.7 Å². The molecule has 1 heterocycles. The van der Waals surface area contributed by atoms with Crippen molar-refractivity contribution in [1.82, 2.24) is 4.98 Å². The molecule has 0 amide bonds. The summed E-state index contributed by atoms with van der Waals surface area (Å²) in [6, 6.07) is 0. The van der Waals surface area contributed by atoms with Gasteiger partial charge in [-0.05, 0) is 12.5 Å². The minimum atomic E-state index is -2.20. The van der Waals surface area contributed by atoms with Crippen LogP contribution in [0.25, 0.3) is 0 Å². The lowest BCUT2D eigenvalue weighted by atomic mass is 10.4. The number of aldehydes is 1. The molecule has 0 unspecified atom stereocenters. The quantitative estimate of drug-likeness (QED) is 0.326. The highest BCUT2D eigenvalue weighted by Crippen LogP contribution is 2.13. The van der Waals surface area contributed by atoms with E-state index in [2.05, 4.69) is 11.6 Å². The summed E-state index contributed by atoms with van der Waals surface area (Å²) < 4.78 is 59.7. The van der Waals surface area contributed by atoms with E-state index < -0.39 is 29.3 Å². The molecule has 0 saturated heterocycles. The van der Waals surface area contributed by atoms with Gasteiger partial charge in [-0.2, -0.15) is 22.5 Å². The third kappa shape index (κ3) is 3.76. The van der Waals surface area contributed by atoms with E-state index in [1.54, 1.807) is 6.92 Å². The Kier molecular flexibility index (Phi) is 5.27. The minimum Gasteiger partial charge on any atom is -0.298 e. The number of aromatic nitrogens is 1. The zero-order chi connectivity index (χ0) is 12.9. The molecule has 0 atom stereocenters. The average molecular weight is 239 g/mol. The standard InChI is InChI=1S/C5F5N.C4H6O/c6-1-2(7)4(9)11-5(10)3(1)8;1-4(2)3-5/h;3H,1H2,2H3. The number of carbonyl (C=O) groups is 1. The molecule has 0 aliphatic carbocycles. The number of pyridine rings is 1. The summed E-state index contributed by atoms with van der Waals surface area (Å²) in [5, 5.41) is 0. The zero-order valence-corrected chi connectivity index (χ0v) is 8.03. The number of allylic oxidation sites excluding steroid dienone is 1. The van der Waals surface area contributed by atoms with E-state index in [0.29, 0.717) is 5.57 Å². The average Bonchev–Trinajstić information content (AvgIpc) is 2.24. The van der Waals surface area contributed by atoms with Crippen LogP contribution in [-0.4, -0.2) is 11.3 Å². The second-order valence-electron chi connectivity index (χ2n) is 2.60. The third-order valence-electron chi connectivity index (χ3n) is 1.15. The van der Waals surface area contributed by atoms with Gasteiger partial charge in [0.2, 0.25) is 17.5 Å². The van der Waals surface area contributed by atoms with Crippen LogP contribution in [-0.2, 0) is 4.79 Å². The van der Waals surface area contributed by atoms with Crippen LogP contribution in [0.4, 0.5) is 22.0 Å². The molecule has 7 heteroatoms. The third-order valence-corrected chi connectivity index (χ3v) is 1.15. The van der Waals surface area contributed by atoms with Crippen molar-refractivity contribution in [1.29, 1.82) is 0 Å². The van der Waals surface area contributed by atoms with E-state index in [-0.39, 0.29) is 0 Å². The van der Waals surface area contributed by atoms with Gasteiger partial charge >= 0.3 is 0 Å². The Hall–Kier alpha value is -1.79. The van der Waals surface area contributed by atoms with Crippen molar-refractivity contribution in [3.8, 4) is 0 Å². The van der Waals surface area contributed by atoms with Crippen LogP contribution in [0.2, 0.25) is 0 Å². The number of nitrogens with zero attached hydrogens (tertiary/aromatic N) is 1. The van der Waals surface area contributed by atoms with E-state index >= 15 is 0 Å². The van der Waals surface area contributed by atoms with Gasteiger partial charge in [0.05, 0.1) is 0 Å². The first kappa shape index (κ1) is 14.2. The van der Waals surface area contributed by atoms with Crippen LogP contribution in [0.3, 0.4) is 0 Å². The molecule has 88 valence electrons. The summed E-state index contributed by atoms with van der Waals surface area (Å²) in [6.45, 7) is 4.97. The maximum absolute atomic E-state index is 12.0. The fourth-order valence-corrected chi connectivity index (χ4v) is 0.462. The molecule has 16 heavy (non-hydrogen) atoms. The molecule has 0 fully saturated rings. The van der Waals surface area contributed by atoms with Gasteiger partial charge in [0, 0.05) is 0 Å². The Morgan fingerprint density at radius 3 is 1.62 bits per heavy atom. The highest BCUT2D eigenvalue weighted by atomic mass is 19.2. The monoisotopic (exact) mass is 239 g/mol. The van der Waals surface area contributed by atoms with Gasteiger partial charge in [-0.25, -0.2) is 4.39 Å². The SMILES string of the molecule is C=C(C)C=O.Fc1nc(F)c(F)c(F)c1F. The van der Waals surface area contributed by atoms with Crippen molar-refractivity contribution in [2.75, 3.05) is 0 Å². The van der Waals surface area contributed by atoms with Crippen LogP contribution >= 0.6 is 0 Å². The van der Waals surface area contributed by atoms with Gasteiger partial charge in [-0.3, -0.25) is 4.79 Å². The Morgan fingerprint density at radius 2 is 1.38 bits per heavy atom. The highest BCUT2D eigenvalue weighted by Gasteiger charge is 2.19. The molecule has 1 rings (SSSR count). The summed E-state index contributed by atoms with van der Waals surface area (Å²) in [5.41, 5.74) is 0.574. The minimum absolute atomic E-state index is 0.574. The molecule has 0 spiro atoms. The van der Waals surface area contributed by atoms with Crippen molar-refractivity contribution in [2.45, 2.75) is 6.92 Å². The first-order valence-electron chi connectivity index (χ1n) is 3.77. The first-order chi connectivity index (χ1) is 7.31. The lowest BCUT2D eigenvalue weighted by molar-refractivity contribution is -0.104. The molecule has 1 aromatic heterocycles. The fraction of sp³-hybridized carbons (Fsp3) is 0.111. The summed E-state index contributed by atoms with van der Waals surface area (Å²) in [4.78, 5) is 11.5. The normalized spacial score (nSPS) is 9.12. The van der Waals surface area contributed by atoms with E-state index in [4.69, 9.17) is 0 Å². The molecule has 0 bridgehead atoms. The van der Waals surface area contributed by atoms with Gasteiger partial charge in [0.1, 0.15) is 6.29 Å². The van der Waals surface area contributed by atoms with Gasteiger partial charge in [-0.1, -0.05) is 6.58 Å². The van der Waals surface area contributed by atoms with E-state index in [1.807, 2.05) is 0 Å². The van der Waals surface area contributed by atoms with Crippen molar-refractivity contribution in [2.24, 2.45) is 0 Å². The number of carbonyl (C=O) groups excluding carboxylic acids is 1. The van der Waals surface area contributed by atoms with Crippen LogP contribution in [0.1, 0.15) is 6.92 Å². The number of hydrogen-bond donors (Lipinski definition) is 0. The lowest BCUT2D eigenvalue weighted by Crippen LogP contribution is -2.03. The van der Waals surface area contributed by atoms with Crippen LogP contribution in [0.15, 0.2) is 12.2 Å². The van der Waals surface area contributed by atoms with Crippen molar-refractivity contribution in [3.63, 3.8) is 0 Å². The van der Waals surface area contributed by atoms with E-state index in [9.17, 15) is 26.7 Å². The predicted molar refractivity (Wildman–Crippen MR) is 44.9 cm³/mol. The molecule has 1 aromatic rings. The van der Waals surface area contributed by atoms with Gasteiger partial charge < -0.3 is 0 Å². The molecule has 0 radical (unpaired) electrons. The Labute approximate surface area is 87.4 Å². The molecule has 0 aromatic carbocycles. The van der Waals surface area contributed by atoms with Crippen LogP contribution < -0.4 is 0 Å². The topological polar surface area (TPSA) is 30.0 Å². The second-order valence-corrected chi connectivity index (χ2v) is 2.60. The maximum Gasteiger partial charge on any atom is 0.254 e. The molecular formula is C9H6F5NO. The van der Waals surface area contributed by atoms with Crippen molar-refractivity contribution >= 4 is 6.29 Å². The Morgan fingerprint density at radius 1 is 1.06 bits per heavy atom. The first-order valence-corrected chi connectivity index (χ1v) is 3.77. The van der Waals surface area contributed by atoms with Crippen LogP contribution in [0.5, 0.6) is 0 Å². The summed E-state index contributed by atoms with van der Waals surface area (Å²) in [7, 11) is 0. The molecule has 0 N–H and O–H groups in total. The fourth-order valence-electron chi connectivity index (χ4n) is 0.462. The number of hydrogen-bond acceptors (Lipinski definition) is 2. The Bertz CT molecular complexity index is 393. The molecule has 2 nitrogen and oxygen atoms in total. The Balaban J connectivity index is 0.000000385.